The second-order valence-electron chi connectivity index (χ2n) is 1.56. The summed E-state index contributed by atoms with van der Waals surface area (Å²) in [6, 6.07) is 0. The van der Waals surface area contributed by atoms with E-state index in [9.17, 15) is 0 Å². The van der Waals surface area contributed by atoms with Crippen LogP contribution < -0.4 is 0 Å². The van der Waals surface area contributed by atoms with E-state index in [0.717, 1.165) is 13.0 Å². The standard InChI is InChI=1S/C5H7O/c1-5-2-3-6-4-5/h5H,2-4H2. The highest BCUT2D eigenvalue weighted by Gasteiger charge is 2.08. The van der Waals surface area contributed by atoms with E-state index in [2.05, 4.69) is 0 Å². The monoisotopic (exact) mass is 83.0 g/mol. The Labute approximate surface area is 38.3 Å². The molecule has 3 radical (unpaired) electrons. The third-order valence-corrected chi connectivity index (χ3v) is 0.930. The smallest absolute Gasteiger partial charge is 0.0501 e. The summed E-state index contributed by atoms with van der Waals surface area (Å²) in [5.74, 6) is 0.0741. The van der Waals surface area contributed by atoms with Gasteiger partial charge in [0.2, 0.25) is 0 Å². The lowest BCUT2D eigenvalue weighted by Crippen LogP contribution is -1.88. The lowest BCUT2D eigenvalue weighted by Gasteiger charge is -1.88. The van der Waals surface area contributed by atoms with Gasteiger partial charge in [-0.05, 0) is 19.3 Å². The molecule has 0 N–H and O–H groups in total. The third kappa shape index (κ3) is 0.716. The topological polar surface area (TPSA) is 9.23 Å². The molecule has 1 aliphatic rings. The van der Waals surface area contributed by atoms with Crippen molar-refractivity contribution in [2.24, 2.45) is 5.92 Å². The molecule has 0 saturated carbocycles. The van der Waals surface area contributed by atoms with Crippen molar-refractivity contribution in [1.82, 2.24) is 0 Å². The fourth-order valence-electron chi connectivity index (χ4n) is 0.535. The van der Waals surface area contributed by atoms with Crippen molar-refractivity contribution in [2.75, 3.05) is 13.2 Å². The Morgan fingerprint density at radius 1 is 1.67 bits per heavy atom. The van der Waals surface area contributed by atoms with E-state index in [1.54, 1.807) is 0 Å². The van der Waals surface area contributed by atoms with Crippen molar-refractivity contribution in [3.05, 3.63) is 6.92 Å². The Hall–Kier alpha value is -0.0400. The van der Waals surface area contributed by atoms with E-state index >= 15 is 0 Å². The largest absolute Gasteiger partial charge is 0.381 e. The van der Waals surface area contributed by atoms with Gasteiger partial charge < -0.3 is 4.74 Å². The Morgan fingerprint density at radius 2 is 2.50 bits per heavy atom. The van der Waals surface area contributed by atoms with Crippen LogP contribution in [0.25, 0.3) is 0 Å². The van der Waals surface area contributed by atoms with Crippen molar-refractivity contribution < 1.29 is 4.74 Å². The number of hydrogen-bond donors (Lipinski definition) is 0. The van der Waals surface area contributed by atoms with Crippen LogP contribution in [-0.2, 0) is 4.74 Å². The Kier molecular flexibility index (Phi) is 1.10. The molecule has 1 saturated heterocycles. The second kappa shape index (κ2) is 1.61. The van der Waals surface area contributed by atoms with Gasteiger partial charge in [-0.15, -0.1) is 0 Å². The predicted molar refractivity (Wildman–Crippen MR) is 22.2 cm³/mol. The molecule has 1 unspecified atom stereocenters. The summed E-state index contributed by atoms with van der Waals surface area (Å²) in [6.45, 7) is 8.46. The molecular formula is C5H7O. The van der Waals surface area contributed by atoms with Crippen LogP contribution in [0.4, 0.5) is 0 Å². The highest BCUT2D eigenvalue weighted by Crippen LogP contribution is 2.08. The Bertz CT molecular complexity index is 37.2. The molecule has 0 bridgehead atoms. The molecule has 1 atom stereocenters. The van der Waals surface area contributed by atoms with E-state index in [-0.39, 0.29) is 5.92 Å². The summed E-state index contributed by atoms with van der Waals surface area (Å²) in [7, 11) is 0. The van der Waals surface area contributed by atoms with E-state index in [0.29, 0.717) is 6.61 Å². The maximum Gasteiger partial charge on any atom is 0.0501 e. The summed E-state index contributed by atoms with van der Waals surface area (Å²) in [4.78, 5) is 0. The van der Waals surface area contributed by atoms with Crippen LogP contribution in [0.15, 0.2) is 0 Å². The molecule has 0 amide bonds. The van der Waals surface area contributed by atoms with Gasteiger partial charge in [-0.2, -0.15) is 0 Å². The van der Waals surface area contributed by atoms with E-state index < -0.39 is 0 Å². The van der Waals surface area contributed by atoms with Gasteiger partial charge in [0.15, 0.2) is 0 Å². The summed E-state index contributed by atoms with van der Waals surface area (Å²) < 4.78 is 4.87. The zero-order chi connectivity index (χ0) is 4.41. The molecule has 0 aliphatic carbocycles. The Morgan fingerprint density at radius 3 is 2.67 bits per heavy atom. The van der Waals surface area contributed by atoms with E-state index in [4.69, 9.17) is 11.7 Å². The lowest BCUT2D eigenvalue weighted by molar-refractivity contribution is 0.191. The van der Waals surface area contributed by atoms with Crippen LogP contribution >= 0.6 is 0 Å². The first-order valence-corrected chi connectivity index (χ1v) is 2.18. The number of ether oxygens (including phenoxy) is 1. The van der Waals surface area contributed by atoms with Crippen LogP contribution in [0.2, 0.25) is 0 Å². The molecule has 1 aliphatic heterocycles. The molecular weight excluding hydrogens is 76.1 g/mol. The summed E-state index contributed by atoms with van der Waals surface area (Å²) >= 11 is 0. The average Bonchev–Trinajstić information content (AvgIpc) is 1.86. The zero-order valence-corrected chi connectivity index (χ0v) is 3.61. The van der Waals surface area contributed by atoms with E-state index in [1.165, 1.54) is 0 Å². The molecule has 0 aromatic heterocycles. The molecule has 1 rings (SSSR count). The van der Waals surface area contributed by atoms with Crippen molar-refractivity contribution in [3.8, 4) is 0 Å². The van der Waals surface area contributed by atoms with Gasteiger partial charge in [-0.3, -0.25) is 0 Å². The Balaban J connectivity index is 2.18. The molecule has 0 aromatic rings. The first-order chi connectivity index (χ1) is 2.89. The molecule has 33 valence electrons. The van der Waals surface area contributed by atoms with Gasteiger partial charge in [0.25, 0.3) is 0 Å². The quantitative estimate of drug-likeness (QED) is 0.417. The van der Waals surface area contributed by atoms with Crippen molar-refractivity contribution in [1.29, 1.82) is 0 Å². The van der Waals surface area contributed by atoms with Crippen molar-refractivity contribution in [2.45, 2.75) is 6.42 Å². The van der Waals surface area contributed by atoms with Gasteiger partial charge >= 0.3 is 0 Å². The zero-order valence-electron chi connectivity index (χ0n) is 3.61. The van der Waals surface area contributed by atoms with Gasteiger partial charge in [0, 0.05) is 6.61 Å². The van der Waals surface area contributed by atoms with Crippen LogP contribution in [-0.4, -0.2) is 13.2 Å². The first kappa shape index (κ1) is 4.13. The maximum absolute atomic E-state index is 7.01. The molecule has 6 heavy (non-hydrogen) atoms. The first-order valence-electron chi connectivity index (χ1n) is 2.18. The molecule has 1 heterocycles. The maximum atomic E-state index is 7.01. The van der Waals surface area contributed by atoms with Crippen LogP contribution in [0.5, 0.6) is 0 Å². The fraction of sp³-hybridized carbons (Fsp3) is 0.800. The summed E-state index contributed by atoms with van der Waals surface area (Å²) in [5.41, 5.74) is 0. The lowest BCUT2D eigenvalue weighted by atomic mass is 10.2. The minimum absolute atomic E-state index is 0.0741. The van der Waals surface area contributed by atoms with Crippen molar-refractivity contribution in [3.63, 3.8) is 0 Å². The number of rotatable bonds is 0. The molecule has 1 fully saturated rings. The summed E-state index contributed by atoms with van der Waals surface area (Å²) in [5, 5.41) is 0. The fourth-order valence-corrected chi connectivity index (χ4v) is 0.535. The summed E-state index contributed by atoms with van der Waals surface area (Å²) in [6.07, 6.45) is 0.931. The van der Waals surface area contributed by atoms with Gasteiger partial charge in [0.1, 0.15) is 0 Å². The highest BCUT2D eigenvalue weighted by atomic mass is 16.5. The number of hydrogen-bond acceptors (Lipinski definition) is 1. The normalized spacial score (nSPS) is 34.5. The third-order valence-electron chi connectivity index (χ3n) is 0.930. The minimum Gasteiger partial charge on any atom is -0.381 e. The average molecular weight is 83.1 g/mol. The van der Waals surface area contributed by atoms with Crippen LogP contribution in [0, 0.1) is 12.8 Å². The van der Waals surface area contributed by atoms with E-state index in [1.807, 2.05) is 0 Å². The minimum atomic E-state index is 0.0741. The predicted octanol–water partition coefficient (Wildman–Crippen LogP) is 0.611. The van der Waals surface area contributed by atoms with Gasteiger partial charge in [-0.25, -0.2) is 0 Å². The highest BCUT2D eigenvalue weighted by molar-refractivity contribution is 4.64. The molecule has 1 nitrogen and oxygen atoms in total. The SMILES string of the molecule is [C]C1CCOC1. The van der Waals surface area contributed by atoms with Crippen molar-refractivity contribution >= 4 is 0 Å². The van der Waals surface area contributed by atoms with Gasteiger partial charge in [-0.1, -0.05) is 0 Å². The molecule has 0 spiro atoms. The molecule has 0 aromatic carbocycles. The van der Waals surface area contributed by atoms with Crippen LogP contribution in [0.3, 0.4) is 0 Å². The molecule has 1 heteroatoms. The van der Waals surface area contributed by atoms with Crippen LogP contribution in [0.1, 0.15) is 6.42 Å². The van der Waals surface area contributed by atoms with Gasteiger partial charge in [0.05, 0.1) is 6.61 Å². The second-order valence-corrected chi connectivity index (χ2v) is 1.56.